The Labute approximate surface area is 158 Å². The van der Waals surface area contributed by atoms with E-state index >= 15 is 0 Å². The maximum atomic E-state index is 5.97. The molecule has 0 aromatic carbocycles. The van der Waals surface area contributed by atoms with Crippen molar-refractivity contribution >= 4 is 41.3 Å². The molecule has 0 amide bonds. The molecule has 0 radical (unpaired) electrons. The van der Waals surface area contributed by atoms with Gasteiger partial charge in [0.05, 0.1) is 17.9 Å². The van der Waals surface area contributed by atoms with Crippen LogP contribution in [0.4, 0.5) is 0 Å². The first kappa shape index (κ1) is 18.3. The topological polar surface area (TPSA) is 68.2 Å². The molecule has 0 fully saturated rings. The molecule has 0 aliphatic heterocycles. The highest BCUT2D eigenvalue weighted by Crippen LogP contribution is 2.23. The molecule has 126 valence electrons. The minimum Gasteiger partial charge on any atom is -0.370 e. The molecular formula is C16H24IN5S. The van der Waals surface area contributed by atoms with Crippen LogP contribution in [0.5, 0.6) is 0 Å². The minimum absolute atomic E-state index is 0. The fourth-order valence-electron chi connectivity index (χ4n) is 2.93. The van der Waals surface area contributed by atoms with Gasteiger partial charge in [-0.15, -0.1) is 35.3 Å². The molecule has 2 aromatic rings. The summed E-state index contributed by atoms with van der Waals surface area (Å²) in [5, 5.41) is 9.90. The van der Waals surface area contributed by atoms with E-state index in [1.807, 2.05) is 11.7 Å². The summed E-state index contributed by atoms with van der Waals surface area (Å²) in [7, 11) is 2.00. The summed E-state index contributed by atoms with van der Waals surface area (Å²) in [6, 6.07) is 4.21. The first-order chi connectivity index (χ1) is 10.7. The predicted octanol–water partition coefficient (Wildman–Crippen LogP) is 2.63. The van der Waals surface area contributed by atoms with Crippen LogP contribution in [-0.2, 0) is 32.9 Å². The number of aromatic nitrogens is 2. The van der Waals surface area contributed by atoms with Crippen molar-refractivity contribution in [1.82, 2.24) is 15.1 Å². The van der Waals surface area contributed by atoms with E-state index < -0.39 is 0 Å². The number of hydrogen-bond donors (Lipinski definition) is 2. The Kier molecular flexibility index (Phi) is 6.88. The van der Waals surface area contributed by atoms with Crippen molar-refractivity contribution in [3.8, 4) is 0 Å². The Morgan fingerprint density at radius 3 is 3.04 bits per heavy atom. The highest BCUT2D eigenvalue weighted by Gasteiger charge is 2.18. The molecule has 0 saturated heterocycles. The lowest BCUT2D eigenvalue weighted by atomic mass is 9.96. The van der Waals surface area contributed by atoms with Crippen LogP contribution in [0.3, 0.4) is 0 Å². The molecule has 7 heteroatoms. The fourth-order valence-corrected chi connectivity index (χ4v) is 3.64. The third kappa shape index (κ3) is 4.69. The second kappa shape index (κ2) is 8.68. The molecule has 3 N–H and O–H groups in total. The quantitative estimate of drug-likeness (QED) is 0.423. The summed E-state index contributed by atoms with van der Waals surface area (Å²) in [5.41, 5.74) is 9.82. The summed E-state index contributed by atoms with van der Waals surface area (Å²) in [6.07, 6.45) is 5.71. The average molecular weight is 445 g/mol. The number of nitrogens with one attached hydrogen (secondary N) is 1. The van der Waals surface area contributed by atoms with E-state index in [4.69, 9.17) is 5.73 Å². The van der Waals surface area contributed by atoms with E-state index in [0.717, 1.165) is 25.8 Å². The molecule has 0 atom stereocenters. The molecule has 0 spiro atoms. The van der Waals surface area contributed by atoms with Gasteiger partial charge in [-0.3, -0.25) is 4.68 Å². The minimum atomic E-state index is 0. The number of guanidine groups is 1. The van der Waals surface area contributed by atoms with E-state index in [9.17, 15) is 0 Å². The largest absolute Gasteiger partial charge is 0.370 e. The van der Waals surface area contributed by atoms with Crippen molar-refractivity contribution in [1.29, 1.82) is 0 Å². The van der Waals surface area contributed by atoms with Crippen LogP contribution in [0.2, 0.25) is 0 Å². The second-order valence-corrected chi connectivity index (χ2v) is 6.69. The summed E-state index contributed by atoms with van der Waals surface area (Å²) in [6.45, 7) is 1.43. The van der Waals surface area contributed by atoms with Gasteiger partial charge < -0.3 is 11.1 Å². The number of rotatable bonds is 5. The van der Waals surface area contributed by atoms with Crippen molar-refractivity contribution in [2.75, 3.05) is 6.54 Å². The molecule has 2 aromatic heterocycles. The van der Waals surface area contributed by atoms with Gasteiger partial charge in [0.2, 0.25) is 0 Å². The van der Waals surface area contributed by atoms with Crippen LogP contribution >= 0.6 is 35.3 Å². The Morgan fingerprint density at radius 2 is 2.26 bits per heavy atom. The van der Waals surface area contributed by atoms with Crippen molar-refractivity contribution in [2.45, 2.75) is 38.6 Å². The summed E-state index contributed by atoms with van der Waals surface area (Å²) in [5.74, 6) is 0.516. The maximum absolute atomic E-state index is 5.97. The molecule has 0 unspecified atom stereocenters. The molecule has 2 heterocycles. The third-order valence-corrected chi connectivity index (χ3v) is 5.04. The van der Waals surface area contributed by atoms with Gasteiger partial charge in [0.25, 0.3) is 0 Å². The van der Waals surface area contributed by atoms with E-state index in [1.165, 1.54) is 34.7 Å². The van der Waals surface area contributed by atoms with Gasteiger partial charge in [0.1, 0.15) is 0 Å². The average Bonchev–Trinajstić information content (AvgIpc) is 3.12. The third-order valence-electron chi connectivity index (χ3n) is 4.11. The monoisotopic (exact) mass is 445 g/mol. The van der Waals surface area contributed by atoms with Gasteiger partial charge in [0.15, 0.2) is 5.96 Å². The van der Waals surface area contributed by atoms with Gasteiger partial charge in [0, 0.05) is 18.5 Å². The standard InChI is InChI=1S/C16H23N5S.HI/c1-21-15(13-6-2-3-7-14(13)20-21)11-19-16(17)18-9-8-12-5-4-10-22-12;/h4-5,10H,2-3,6-9,11H2,1H3,(H3,17,18,19);1H. The van der Waals surface area contributed by atoms with Gasteiger partial charge in [-0.2, -0.15) is 5.10 Å². The van der Waals surface area contributed by atoms with Gasteiger partial charge in [-0.25, -0.2) is 4.99 Å². The van der Waals surface area contributed by atoms with Gasteiger partial charge >= 0.3 is 0 Å². The number of nitrogens with zero attached hydrogens (tertiary/aromatic N) is 3. The zero-order chi connectivity index (χ0) is 15.4. The van der Waals surface area contributed by atoms with E-state index in [1.54, 1.807) is 11.3 Å². The Hall–Kier alpha value is -1.09. The number of nitrogens with two attached hydrogens (primary N) is 1. The summed E-state index contributed by atoms with van der Waals surface area (Å²) >= 11 is 1.77. The molecule has 1 aliphatic carbocycles. The lowest BCUT2D eigenvalue weighted by molar-refractivity contribution is 0.663. The zero-order valence-electron chi connectivity index (χ0n) is 13.4. The Balaban J connectivity index is 0.00000192. The van der Waals surface area contributed by atoms with Crippen molar-refractivity contribution in [3.63, 3.8) is 0 Å². The van der Waals surface area contributed by atoms with E-state index in [2.05, 4.69) is 32.9 Å². The van der Waals surface area contributed by atoms with Crippen LogP contribution in [0.1, 0.15) is 34.7 Å². The van der Waals surface area contributed by atoms with Crippen LogP contribution < -0.4 is 11.1 Å². The molecule has 0 bridgehead atoms. The molecule has 5 nitrogen and oxygen atoms in total. The molecule has 1 aliphatic rings. The summed E-state index contributed by atoms with van der Waals surface area (Å²) in [4.78, 5) is 5.84. The lowest BCUT2D eigenvalue weighted by Crippen LogP contribution is -2.33. The normalized spacial score (nSPS) is 14.2. The van der Waals surface area contributed by atoms with Gasteiger partial charge in [-0.1, -0.05) is 6.07 Å². The van der Waals surface area contributed by atoms with Crippen LogP contribution in [0, 0.1) is 0 Å². The second-order valence-electron chi connectivity index (χ2n) is 5.66. The fraction of sp³-hybridized carbons (Fsp3) is 0.500. The first-order valence-corrected chi connectivity index (χ1v) is 8.72. The highest BCUT2D eigenvalue weighted by atomic mass is 127. The molecule has 3 rings (SSSR count). The molecule has 23 heavy (non-hydrogen) atoms. The number of aryl methyl sites for hydroxylation is 2. The number of fused-ring (bicyclic) bond motifs is 1. The highest BCUT2D eigenvalue weighted by molar-refractivity contribution is 14.0. The van der Waals surface area contributed by atoms with E-state index in [0.29, 0.717) is 12.5 Å². The van der Waals surface area contributed by atoms with Crippen LogP contribution in [0.15, 0.2) is 22.5 Å². The zero-order valence-corrected chi connectivity index (χ0v) is 16.6. The maximum Gasteiger partial charge on any atom is 0.188 e. The first-order valence-electron chi connectivity index (χ1n) is 7.84. The number of hydrogen-bond acceptors (Lipinski definition) is 3. The van der Waals surface area contributed by atoms with Crippen LogP contribution in [-0.4, -0.2) is 22.3 Å². The number of thiophene rings is 1. The Morgan fingerprint density at radius 1 is 1.43 bits per heavy atom. The van der Waals surface area contributed by atoms with Crippen molar-refractivity contribution in [2.24, 2.45) is 17.8 Å². The number of halogens is 1. The van der Waals surface area contributed by atoms with Gasteiger partial charge in [-0.05, 0) is 49.1 Å². The summed E-state index contributed by atoms with van der Waals surface area (Å²) < 4.78 is 1.97. The molecule has 0 saturated carbocycles. The Bertz CT molecular complexity index is 648. The smallest absolute Gasteiger partial charge is 0.188 e. The van der Waals surface area contributed by atoms with E-state index in [-0.39, 0.29) is 24.0 Å². The lowest BCUT2D eigenvalue weighted by Gasteiger charge is -2.10. The van der Waals surface area contributed by atoms with Crippen molar-refractivity contribution in [3.05, 3.63) is 39.3 Å². The van der Waals surface area contributed by atoms with Crippen molar-refractivity contribution < 1.29 is 0 Å². The number of aliphatic imine (C=N–C) groups is 1. The predicted molar refractivity (Wildman–Crippen MR) is 107 cm³/mol. The SMILES string of the molecule is Cn1nc2c(c1CN=C(N)NCCc1cccs1)CCCC2.I. The van der Waals surface area contributed by atoms with Crippen LogP contribution in [0.25, 0.3) is 0 Å². The molecular weight excluding hydrogens is 421 g/mol.